The third-order valence-corrected chi connectivity index (χ3v) is 7.06. The van der Waals surface area contributed by atoms with Crippen molar-refractivity contribution in [2.24, 2.45) is 5.92 Å². The number of piperidine rings is 1. The second kappa shape index (κ2) is 9.50. The van der Waals surface area contributed by atoms with E-state index in [0.717, 1.165) is 12.3 Å². The van der Waals surface area contributed by atoms with E-state index in [9.17, 15) is 18.0 Å². The zero-order valence-corrected chi connectivity index (χ0v) is 19.7. The molecule has 5 unspecified atom stereocenters. The van der Waals surface area contributed by atoms with Crippen molar-refractivity contribution in [3.63, 3.8) is 0 Å². The van der Waals surface area contributed by atoms with E-state index in [1.807, 2.05) is 24.0 Å². The van der Waals surface area contributed by atoms with Crippen molar-refractivity contribution in [2.45, 2.75) is 50.2 Å². The Morgan fingerprint density at radius 1 is 1.06 bits per heavy atom. The van der Waals surface area contributed by atoms with Gasteiger partial charge in [0, 0.05) is 37.3 Å². The lowest BCUT2D eigenvalue weighted by atomic mass is 9.92. The summed E-state index contributed by atoms with van der Waals surface area (Å²) in [6.07, 6.45) is 0.282. The molecule has 1 aromatic carbocycles. The average Bonchev–Trinajstić information content (AvgIpc) is 3.46. The minimum absolute atomic E-state index is 0.0994. The molecule has 3 aromatic rings. The van der Waals surface area contributed by atoms with Gasteiger partial charge in [-0.1, -0.05) is 18.2 Å². The number of aromatic nitrogens is 3. The molecule has 2 fully saturated rings. The van der Waals surface area contributed by atoms with Crippen LogP contribution < -0.4 is 4.74 Å². The lowest BCUT2D eigenvalue weighted by Gasteiger charge is -2.41. The minimum atomic E-state index is -4.47. The number of fused-ring (bicyclic) bond motifs is 2. The number of nitrogens with zero attached hydrogens (tertiary/aromatic N) is 4. The van der Waals surface area contributed by atoms with Gasteiger partial charge in [-0.05, 0) is 43.9 Å². The summed E-state index contributed by atoms with van der Waals surface area (Å²) < 4.78 is 50.4. The van der Waals surface area contributed by atoms with E-state index in [2.05, 4.69) is 15.0 Å². The first-order valence-corrected chi connectivity index (χ1v) is 11.7. The highest BCUT2D eigenvalue weighted by atomic mass is 19.4. The normalized spacial score (nSPS) is 24.1. The fourth-order valence-electron chi connectivity index (χ4n) is 5.41. The van der Waals surface area contributed by atoms with Crippen molar-refractivity contribution < 1.29 is 27.4 Å². The second-order valence-electron chi connectivity index (χ2n) is 9.10. The van der Waals surface area contributed by atoms with Crippen LogP contribution in [0.4, 0.5) is 13.2 Å². The number of halogens is 3. The van der Waals surface area contributed by atoms with Crippen LogP contribution in [0.1, 0.15) is 35.7 Å². The highest BCUT2D eigenvalue weighted by Crippen LogP contribution is 2.46. The van der Waals surface area contributed by atoms with E-state index in [1.54, 1.807) is 37.7 Å². The minimum Gasteiger partial charge on any atom is -0.472 e. The number of likely N-dealkylation sites (tertiary alicyclic amines) is 1. The molecule has 0 spiro atoms. The van der Waals surface area contributed by atoms with Gasteiger partial charge in [-0.25, -0.2) is 15.0 Å². The molecule has 1 aliphatic heterocycles. The molecule has 1 saturated carbocycles. The largest absolute Gasteiger partial charge is 0.472 e. The molecule has 1 amide bonds. The lowest BCUT2D eigenvalue weighted by Crippen LogP contribution is -2.55. The molecular formula is C26H25F3N4O3. The molecule has 0 N–H and O–H groups in total. The van der Waals surface area contributed by atoms with Crippen molar-refractivity contribution >= 4 is 5.91 Å². The van der Waals surface area contributed by atoms with Gasteiger partial charge in [-0.15, -0.1) is 0 Å². The number of methoxy groups -OCH3 is 1. The number of hydrogen-bond acceptors (Lipinski definition) is 6. The number of carbonyl (C=O) groups is 1. The number of amides is 1. The molecule has 2 bridgehead atoms. The van der Waals surface area contributed by atoms with Gasteiger partial charge in [0.25, 0.3) is 5.91 Å². The first-order chi connectivity index (χ1) is 17.3. The Kier molecular flexibility index (Phi) is 6.38. The van der Waals surface area contributed by atoms with Gasteiger partial charge in [0.2, 0.25) is 5.88 Å². The molecule has 2 aliphatic rings. The molecule has 0 radical (unpaired) electrons. The Morgan fingerprint density at radius 3 is 2.47 bits per heavy atom. The summed E-state index contributed by atoms with van der Waals surface area (Å²) in [4.78, 5) is 28.3. The fourth-order valence-corrected chi connectivity index (χ4v) is 5.41. The number of hydrogen-bond donors (Lipinski definition) is 0. The summed E-state index contributed by atoms with van der Waals surface area (Å²) in [5, 5.41) is 0. The summed E-state index contributed by atoms with van der Waals surface area (Å²) in [7, 11) is 1.62. The van der Waals surface area contributed by atoms with Gasteiger partial charge < -0.3 is 14.4 Å². The molecule has 7 nitrogen and oxygen atoms in total. The monoisotopic (exact) mass is 498 g/mol. The number of pyridine rings is 1. The van der Waals surface area contributed by atoms with Gasteiger partial charge in [-0.3, -0.25) is 4.79 Å². The van der Waals surface area contributed by atoms with Crippen LogP contribution in [0.2, 0.25) is 0 Å². The topological polar surface area (TPSA) is 77.4 Å². The molecule has 36 heavy (non-hydrogen) atoms. The van der Waals surface area contributed by atoms with Crippen molar-refractivity contribution in [1.29, 1.82) is 0 Å². The number of carbonyl (C=O) groups excluding carboxylic acids is 1. The second-order valence-corrected chi connectivity index (χ2v) is 9.10. The molecule has 10 heteroatoms. The van der Waals surface area contributed by atoms with Gasteiger partial charge in [0.15, 0.2) is 5.82 Å². The van der Waals surface area contributed by atoms with Crippen LogP contribution in [-0.4, -0.2) is 57.2 Å². The number of ether oxygens (including phenoxy) is 2. The van der Waals surface area contributed by atoms with Crippen LogP contribution in [0.15, 0.2) is 61.1 Å². The third-order valence-electron chi connectivity index (χ3n) is 7.06. The Hall–Kier alpha value is -3.53. The SMILES string of the molecule is COC(C)C1C2CC(Oc3ccc(C(F)(F)F)cn3)C(C2)N1C(=O)c1ccccc1-c1ncccn1. The molecule has 1 aliphatic carbocycles. The Morgan fingerprint density at radius 2 is 1.81 bits per heavy atom. The summed E-state index contributed by atoms with van der Waals surface area (Å²) in [6, 6.07) is 10.6. The van der Waals surface area contributed by atoms with Gasteiger partial charge in [0.05, 0.1) is 29.3 Å². The average molecular weight is 499 g/mol. The van der Waals surface area contributed by atoms with Crippen LogP contribution >= 0.6 is 0 Å². The molecule has 188 valence electrons. The molecule has 5 atom stereocenters. The number of alkyl halides is 3. The lowest BCUT2D eigenvalue weighted by molar-refractivity contribution is -0.137. The highest BCUT2D eigenvalue weighted by Gasteiger charge is 2.56. The fraction of sp³-hybridized carbons (Fsp3) is 0.385. The van der Waals surface area contributed by atoms with Crippen LogP contribution in [0.3, 0.4) is 0 Å². The van der Waals surface area contributed by atoms with Crippen molar-refractivity contribution in [3.8, 4) is 17.3 Å². The quantitative estimate of drug-likeness (QED) is 0.493. The Balaban J connectivity index is 1.44. The van der Waals surface area contributed by atoms with Crippen molar-refractivity contribution in [1.82, 2.24) is 19.9 Å². The Bertz CT molecular complexity index is 1220. The zero-order valence-electron chi connectivity index (χ0n) is 19.7. The first kappa shape index (κ1) is 24.2. The van der Waals surface area contributed by atoms with Crippen LogP contribution in [0.25, 0.3) is 11.4 Å². The van der Waals surface area contributed by atoms with Crippen molar-refractivity contribution in [2.75, 3.05) is 7.11 Å². The summed E-state index contributed by atoms with van der Waals surface area (Å²) >= 11 is 0. The standard InChI is InChI=1S/C26H25F3N4O3/c1-15(35-2)23-16-12-20(21(13-16)36-22-9-8-17(14-32-22)26(27,28)29)33(23)25(34)19-7-4-3-6-18(19)24-30-10-5-11-31-24/h3-11,14-16,20-21,23H,12-13H2,1-2H3. The summed E-state index contributed by atoms with van der Waals surface area (Å²) in [5.41, 5.74) is 0.251. The molecule has 3 heterocycles. The van der Waals surface area contributed by atoms with E-state index in [4.69, 9.17) is 9.47 Å². The van der Waals surface area contributed by atoms with Crippen molar-refractivity contribution in [3.05, 3.63) is 72.2 Å². The summed E-state index contributed by atoms with van der Waals surface area (Å²) in [6.45, 7) is 1.94. The summed E-state index contributed by atoms with van der Waals surface area (Å²) in [5.74, 6) is 0.480. The van der Waals surface area contributed by atoms with Gasteiger partial charge in [-0.2, -0.15) is 13.2 Å². The van der Waals surface area contributed by atoms with E-state index in [1.165, 1.54) is 6.07 Å². The van der Waals surface area contributed by atoms with E-state index in [0.29, 0.717) is 29.8 Å². The third kappa shape index (κ3) is 4.41. The molecule has 1 saturated heterocycles. The van der Waals surface area contributed by atoms with Crippen LogP contribution in [0.5, 0.6) is 5.88 Å². The molecule has 2 aromatic heterocycles. The predicted molar refractivity (Wildman–Crippen MR) is 124 cm³/mol. The van der Waals surface area contributed by atoms with E-state index >= 15 is 0 Å². The van der Waals surface area contributed by atoms with Crippen LogP contribution in [-0.2, 0) is 10.9 Å². The van der Waals surface area contributed by atoms with Gasteiger partial charge in [0.1, 0.15) is 6.10 Å². The zero-order chi connectivity index (χ0) is 25.4. The van der Waals surface area contributed by atoms with Crippen LogP contribution in [0, 0.1) is 5.92 Å². The maximum atomic E-state index is 14.0. The van der Waals surface area contributed by atoms with E-state index in [-0.39, 0.29) is 35.9 Å². The molecule has 5 rings (SSSR count). The molecular weight excluding hydrogens is 473 g/mol. The smallest absolute Gasteiger partial charge is 0.417 e. The predicted octanol–water partition coefficient (Wildman–Crippen LogP) is 4.64. The highest BCUT2D eigenvalue weighted by molar-refractivity contribution is 6.00. The number of benzene rings is 1. The maximum Gasteiger partial charge on any atom is 0.417 e. The Labute approximate surface area is 206 Å². The van der Waals surface area contributed by atoms with Gasteiger partial charge >= 0.3 is 6.18 Å². The maximum absolute atomic E-state index is 14.0. The first-order valence-electron chi connectivity index (χ1n) is 11.7. The van der Waals surface area contributed by atoms with E-state index < -0.39 is 17.8 Å². The number of rotatable bonds is 6.